The second kappa shape index (κ2) is 6.33. The molecule has 19 heavy (non-hydrogen) atoms. The molecule has 2 rings (SSSR count). The van der Waals surface area contributed by atoms with E-state index in [2.05, 4.69) is 10.6 Å². The maximum atomic E-state index is 11.9. The lowest BCUT2D eigenvalue weighted by atomic mass is 10.1. The molecule has 5 heteroatoms. The Morgan fingerprint density at radius 1 is 1.42 bits per heavy atom. The van der Waals surface area contributed by atoms with E-state index in [0.29, 0.717) is 19.3 Å². The second-order valence-corrected chi connectivity index (χ2v) is 4.74. The zero-order valence-corrected chi connectivity index (χ0v) is 10.6. The van der Waals surface area contributed by atoms with E-state index in [1.54, 1.807) is 0 Å². The van der Waals surface area contributed by atoms with E-state index in [1.165, 1.54) is 0 Å². The van der Waals surface area contributed by atoms with Gasteiger partial charge in [0, 0.05) is 6.42 Å². The fourth-order valence-corrected chi connectivity index (χ4v) is 2.17. The standard InChI is InChI=1S/C14H18N2O3/c17-9-11(8-10-4-2-1-3-5-10)15-14(19)12-6-7-13(18)16-12/h1-5,11-12,17H,6-9H2,(H,15,19)(H,16,18)/t11?,12-/m0/s1. The van der Waals surface area contributed by atoms with E-state index in [9.17, 15) is 14.7 Å². The van der Waals surface area contributed by atoms with Crippen LogP contribution in [0.2, 0.25) is 0 Å². The van der Waals surface area contributed by atoms with Gasteiger partial charge in [0.05, 0.1) is 12.6 Å². The van der Waals surface area contributed by atoms with Crippen molar-refractivity contribution in [1.29, 1.82) is 0 Å². The monoisotopic (exact) mass is 262 g/mol. The number of nitrogens with one attached hydrogen (secondary N) is 2. The maximum Gasteiger partial charge on any atom is 0.242 e. The molecule has 3 N–H and O–H groups in total. The first-order valence-electron chi connectivity index (χ1n) is 6.43. The smallest absolute Gasteiger partial charge is 0.242 e. The normalized spacial score (nSPS) is 19.8. The third kappa shape index (κ3) is 3.79. The van der Waals surface area contributed by atoms with E-state index in [1.807, 2.05) is 30.3 Å². The summed E-state index contributed by atoms with van der Waals surface area (Å²) in [6.07, 6.45) is 1.48. The fourth-order valence-electron chi connectivity index (χ4n) is 2.17. The quantitative estimate of drug-likeness (QED) is 0.698. The Morgan fingerprint density at radius 2 is 2.16 bits per heavy atom. The second-order valence-electron chi connectivity index (χ2n) is 4.74. The molecule has 2 atom stereocenters. The fraction of sp³-hybridized carbons (Fsp3) is 0.429. The van der Waals surface area contributed by atoms with Crippen molar-refractivity contribution in [3.05, 3.63) is 35.9 Å². The molecule has 0 aliphatic carbocycles. The lowest BCUT2D eigenvalue weighted by Gasteiger charge is -2.19. The van der Waals surface area contributed by atoms with Gasteiger partial charge in [-0.1, -0.05) is 30.3 Å². The predicted octanol–water partition coefficient (Wildman–Crippen LogP) is -0.0152. The molecule has 0 spiro atoms. The molecule has 1 aromatic rings. The Bertz CT molecular complexity index is 447. The molecular formula is C14H18N2O3. The summed E-state index contributed by atoms with van der Waals surface area (Å²) in [6.45, 7) is -0.124. The summed E-state index contributed by atoms with van der Waals surface area (Å²) < 4.78 is 0. The summed E-state index contributed by atoms with van der Waals surface area (Å²) in [5.74, 6) is -0.315. The highest BCUT2D eigenvalue weighted by molar-refractivity contribution is 5.90. The van der Waals surface area contributed by atoms with Gasteiger partial charge in [0.25, 0.3) is 0 Å². The molecule has 1 aliphatic rings. The summed E-state index contributed by atoms with van der Waals surface area (Å²) in [4.78, 5) is 23.0. The van der Waals surface area contributed by atoms with Crippen LogP contribution in [0.4, 0.5) is 0 Å². The molecular weight excluding hydrogens is 244 g/mol. The van der Waals surface area contributed by atoms with Crippen LogP contribution in [-0.2, 0) is 16.0 Å². The van der Waals surface area contributed by atoms with Gasteiger partial charge in [-0.25, -0.2) is 0 Å². The number of hydrogen-bond donors (Lipinski definition) is 3. The first kappa shape index (κ1) is 13.5. The Balaban J connectivity index is 1.88. The van der Waals surface area contributed by atoms with E-state index in [0.717, 1.165) is 5.56 Å². The van der Waals surface area contributed by atoms with Crippen LogP contribution in [-0.4, -0.2) is 35.6 Å². The number of aliphatic hydroxyl groups is 1. The van der Waals surface area contributed by atoms with Crippen molar-refractivity contribution in [3.8, 4) is 0 Å². The molecule has 0 saturated carbocycles. The van der Waals surface area contributed by atoms with Gasteiger partial charge in [-0.3, -0.25) is 9.59 Å². The zero-order valence-electron chi connectivity index (χ0n) is 10.6. The van der Waals surface area contributed by atoms with Crippen LogP contribution in [0.5, 0.6) is 0 Å². The van der Waals surface area contributed by atoms with Crippen LogP contribution in [0.25, 0.3) is 0 Å². The summed E-state index contributed by atoms with van der Waals surface area (Å²) in [6, 6.07) is 8.87. The van der Waals surface area contributed by atoms with Gasteiger partial charge in [0.15, 0.2) is 0 Å². The van der Waals surface area contributed by atoms with Gasteiger partial charge in [-0.05, 0) is 18.4 Å². The van der Waals surface area contributed by atoms with Crippen LogP contribution >= 0.6 is 0 Å². The lowest BCUT2D eigenvalue weighted by Crippen LogP contribution is -2.47. The van der Waals surface area contributed by atoms with Crippen LogP contribution < -0.4 is 10.6 Å². The van der Waals surface area contributed by atoms with Crippen molar-refractivity contribution >= 4 is 11.8 Å². The van der Waals surface area contributed by atoms with Crippen LogP contribution in [0, 0.1) is 0 Å². The third-order valence-electron chi connectivity index (χ3n) is 3.20. The average molecular weight is 262 g/mol. The molecule has 1 fully saturated rings. The third-order valence-corrected chi connectivity index (χ3v) is 3.20. The van der Waals surface area contributed by atoms with Crippen molar-refractivity contribution in [2.75, 3.05) is 6.61 Å². The Hall–Kier alpha value is -1.88. The highest BCUT2D eigenvalue weighted by atomic mass is 16.3. The lowest BCUT2D eigenvalue weighted by molar-refractivity contribution is -0.126. The van der Waals surface area contributed by atoms with Gasteiger partial charge in [-0.15, -0.1) is 0 Å². The van der Waals surface area contributed by atoms with Crippen molar-refractivity contribution in [2.45, 2.75) is 31.3 Å². The predicted molar refractivity (Wildman–Crippen MR) is 70.3 cm³/mol. The minimum Gasteiger partial charge on any atom is -0.394 e. The molecule has 1 saturated heterocycles. The Morgan fingerprint density at radius 3 is 2.74 bits per heavy atom. The van der Waals surface area contributed by atoms with Gasteiger partial charge >= 0.3 is 0 Å². The number of hydrogen-bond acceptors (Lipinski definition) is 3. The number of carbonyl (C=O) groups is 2. The Kier molecular flexibility index (Phi) is 4.52. The largest absolute Gasteiger partial charge is 0.394 e. The topological polar surface area (TPSA) is 78.4 Å². The molecule has 1 unspecified atom stereocenters. The molecule has 1 aromatic carbocycles. The summed E-state index contributed by atoms with van der Waals surface area (Å²) >= 11 is 0. The Labute approximate surface area is 112 Å². The molecule has 0 bridgehead atoms. The van der Waals surface area contributed by atoms with Crippen molar-refractivity contribution < 1.29 is 14.7 Å². The SMILES string of the molecule is O=C1CC[C@@H](C(=O)NC(CO)Cc2ccccc2)N1. The summed E-state index contributed by atoms with van der Waals surface area (Å²) in [5.41, 5.74) is 1.05. The average Bonchev–Trinajstić information content (AvgIpc) is 2.86. The van der Waals surface area contributed by atoms with E-state index in [-0.39, 0.29) is 24.5 Å². The van der Waals surface area contributed by atoms with E-state index in [4.69, 9.17) is 0 Å². The molecule has 1 aliphatic heterocycles. The zero-order chi connectivity index (χ0) is 13.7. The number of benzene rings is 1. The van der Waals surface area contributed by atoms with Crippen LogP contribution in [0.1, 0.15) is 18.4 Å². The molecule has 5 nitrogen and oxygen atoms in total. The minimum absolute atomic E-state index is 0.0937. The number of amides is 2. The van der Waals surface area contributed by atoms with Crippen molar-refractivity contribution in [1.82, 2.24) is 10.6 Å². The first-order chi connectivity index (χ1) is 9.19. The molecule has 1 heterocycles. The van der Waals surface area contributed by atoms with Crippen molar-refractivity contribution in [3.63, 3.8) is 0 Å². The van der Waals surface area contributed by atoms with Gasteiger partial charge in [0.2, 0.25) is 11.8 Å². The molecule has 0 aromatic heterocycles. The number of aliphatic hydroxyl groups excluding tert-OH is 1. The highest BCUT2D eigenvalue weighted by Gasteiger charge is 2.28. The van der Waals surface area contributed by atoms with E-state index >= 15 is 0 Å². The number of rotatable bonds is 5. The van der Waals surface area contributed by atoms with Gasteiger partial charge < -0.3 is 15.7 Å². The summed E-state index contributed by atoms with van der Waals surface area (Å²) in [7, 11) is 0. The van der Waals surface area contributed by atoms with Crippen LogP contribution in [0.3, 0.4) is 0 Å². The van der Waals surface area contributed by atoms with Crippen molar-refractivity contribution in [2.24, 2.45) is 0 Å². The van der Waals surface area contributed by atoms with Gasteiger partial charge in [-0.2, -0.15) is 0 Å². The summed E-state index contributed by atoms with van der Waals surface area (Å²) in [5, 5.41) is 14.7. The maximum absolute atomic E-state index is 11.9. The van der Waals surface area contributed by atoms with E-state index < -0.39 is 6.04 Å². The molecule has 102 valence electrons. The molecule has 2 amide bonds. The van der Waals surface area contributed by atoms with Crippen LogP contribution in [0.15, 0.2) is 30.3 Å². The minimum atomic E-state index is -0.461. The first-order valence-corrected chi connectivity index (χ1v) is 6.43. The highest BCUT2D eigenvalue weighted by Crippen LogP contribution is 2.08. The van der Waals surface area contributed by atoms with Gasteiger partial charge in [0.1, 0.15) is 6.04 Å². The molecule has 0 radical (unpaired) electrons. The number of carbonyl (C=O) groups excluding carboxylic acids is 2.